The van der Waals surface area contributed by atoms with Gasteiger partial charge in [-0.25, -0.2) is 17.5 Å². The predicted octanol–water partition coefficient (Wildman–Crippen LogP) is 1.09. The summed E-state index contributed by atoms with van der Waals surface area (Å²) < 4.78 is 43.6. The molecule has 0 aliphatic heterocycles. The van der Waals surface area contributed by atoms with E-state index in [2.05, 4.69) is 10.0 Å². The monoisotopic (exact) mass is 321 g/mol. The third kappa shape index (κ3) is 4.83. The van der Waals surface area contributed by atoms with Gasteiger partial charge in [-0.05, 0) is 0 Å². The lowest BCUT2D eigenvalue weighted by Gasteiger charge is -2.10. The van der Waals surface area contributed by atoms with Crippen molar-refractivity contribution >= 4 is 21.4 Å². The molecule has 1 rings (SSSR count). The van der Waals surface area contributed by atoms with E-state index in [0.29, 0.717) is 0 Å². The SMILES string of the molecule is CCNS(=O)(=O)CCNc1cc(OC)c([N+](=O)[O-])cc1F. The van der Waals surface area contributed by atoms with E-state index in [0.717, 1.165) is 12.1 Å². The first-order chi connectivity index (χ1) is 9.80. The van der Waals surface area contributed by atoms with E-state index >= 15 is 0 Å². The van der Waals surface area contributed by atoms with Crippen LogP contribution in [0, 0.1) is 15.9 Å². The zero-order chi connectivity index (χ0) is 16.0. The highest BCUT2D eigenvalue weighted by molar-refractivity contribution is 7.89. The molecule has 0 heterocycles. The van der Waals surface area contributed by atoms with Gasteiger partial charge in [0.05, 0.1) is 29.5 Å². The minimum absolute atomic E-state index is 0.0484. The summed E-state index contributed by atoms with van der Waals surface area (Å²) in [5.41, 5.74) is -0.565. The van der Waals surface area contributed by atoms with Gasteiger partial charge in [-0.15, -0.1) is 0 Å². The van der Waals surface area contributed by atoms with Crippen molar-refractivity contribution in [2.75, 3.05) is 31.3 Å². The maximum Gasteiger partial charge on any atom is 0.313 e. The van der Waals surface area contributed by atoms with Gasteiger partial charge in [-0.2, -0.15) is 0 Å². The van der Waals surface area contributed by atoms with Crippen molar-refractivity contribution in [2.24, 2.45) is 0 Å². The number of nitro groups is 1. The number of benzene rings is 1. The van der Waals surface area contributed by atoms with Crippen molar-refractivity contribution in [3.8, 4) is 5.75 Å². The maximum atomic E-state index is 13.7. The summed E-state index contributed by atoms with van der Waals surface area (Å²) in [6.45, 7) is 1.86. The number of rotatable bonds is 8. The van der Waals surface area contributed by atoms with Crippen molar-refractivity contribution in [1.82, 2.24) is 4.72 Å². The Morgan fingerprint density at radius 3 is 2.62 bits per heavy atom. The van der Waals surface area contributed by atoms with Crippen molar-refractivity contribution < 1.29 is 22.5 Å². The number of ether oxygens (including phenoxy) is 1. The van der Waals surface area contributed by atoms with Gasteiger partial charge < -0.3 is 10.1 Å². The molecular formula is C11H16FN3O5S. The number of halogens is 1. The summed E-state index contributed by atoms with van der Waals surface area (Å²) in [4.78, 5) is 9.95. The molecule has 0 atom stereocenters. The molecule has 118 valence electrons. The van der Waals surface area contributed by atoms with Gasteiger partial charge in [0.2, 0.25) is 10.0 Å². The number of nitro benzene ring substituents is 1. The topological polar surface area (TPSA) is 111 Å². The van der Waals surface area contributed by atoms with Crippen LogP contribution in [0.2, 0.25) is 0 Å². The molecule has 0 spiro atoms. The summed E-state index contributed by atoms with van der Waals surface area (Å²) in [7, 11) is -2.20. The quantitative estimate of drug-likeness (QED) is 0.548. The fourth-order valence-corrected chi connectivity index (χ4v) is 2.55. The Morgan fingerprint density at radius 2 is 2.10 bits per heavy atom. The lowest BCUT2D eigenvalue weighted by atomic mass is 10.2. The smallest absolute Gasteiger partial charge is 0.313 e. The number of nitrogens with zero attached hydrogens (tertiary/aromatic N) is 1. The second-order valence-electron chi connectivity index (χ2n) is 4.00. The van der Waals surface area contributed by atoms with Crippen LogP contribution in [0.5, 0.6) is 5.75 Å². The minimum Gasteiger partial charge on any atom is -0.490 e. The molecule has 0 bridgehead atoms. The number of anilines is 1. The van der Waals surface area contributed by atoms with Crippen LogP contribution in [-0.2, 0) is 10.0 Å². The summed E-state index contributed by atoms with van der Waals surface area (Å²) >= 11 is 0. The first-order valence-corrected chi connectivity index (χ1v) is 7.69. The lowest BCUT2D eigenvalue weighted by Crippen LogP contribution is -2.29. The van der Waals surface area contributed by atoms with Crippen molar-refractivity contribution in [1.29, 1.82) is 0 Å². The third-order valence-corrected chi connectivity index (χ3v) is 3.99. The van der Waals surface area contributed by atoms with Gasteiger partial charge in [0.25, 0.3) is 0 Å². The number of sulfonamides is 1. The average Bonchev–Trinajstić information content (AvgIpc) is 2.39. The van der Waals surface area contributed by atoms with Crippen molar-refractivity contribution in [2.45, 2.75) is 6.92 Å². The molecule has 0 unspecified atom stereocenters. The highest BCUT2D eigenvalue weighted by atomic mass is 32.2. The molecule has 0 aliphatic carbocycles. The Bertz CT molecular complexity index is 621. The number of hydrogen-bond acceptors (Lipinski definition) is 6. The van der Waals surface area contributed by atoms with E-state index in [9.17, 15) is 22.9 Å². The second-order valence-corrected chi connectivity index (χ2v) is 5.93. The summed E-state index contributed by atoms with van der Waals surface area (Å²) in [6, 6.07) is 1.84. The van der Waals surface area contributed by atoms with E-state index in [-0.39, 0.29) is 30.3 Å². The molecule has 0 saturated heterocycles. The van der Waals surface area contributed by atoms with Crippen LogP contribution in [0.1, 0.15) is 6.92 Å². The first-order valence-electron chi connectivity index (χ1n) is 6.04. The maximum absolute atomic E-state index is 13.7. The zero-order valence-corrected chi connectivity index (χ0v) is 12.4. The second kappa shape index (κ2) is 7.18. The van der Waals surface area contributed by atoms with Crippen LogP contribution in [0.4, 0.5) is 15.8 Å². The average molecular weight is 321 g/mol. The standard InChI is InChI=1S/C11H16FN3O5S/c1-3-14-21(18,19)5-4-13-9-7-11(20-2)10(15(16)17)6-8(9)12/h6-7,13-14H,3-5H2,1-2H3. The van der Waals surface area contributed by atoms with Crippen LogP contribution >= 0.6 is 0 Å². The molecular weight excluding hydrogens is 305 g/mol. The van der Waals surface area contributed by atoms with E-state index in [4.69, 9.17) is 4.74 Å². The van der Waals surface area contributed by atoms with Crippen molar-refractivity contribution in [3.05, 3.63) is 28.1 Å². The third-order valence-electron chi connectivity index (χ3n) is 2.52. The molecule has 10 heteroatoms. The molecule has 2 N–H and O–H groups in total. The minimum atomic E-state index is -3.43. The highest BCUT2D eigenvalue weighted by Gasteiger charge is 2.19. The predicted molar refractivity (Wildman–Crippen MR) is 75.6 cm³/mol. The van der Waals surface area contributed by atoms with Gasteiger partial charge >= 0.3 is 5.69 Å². The van der Waals surface area contributed by atoms with Crippen LogP contribution in [0.15, 0.2) is 12.1 Å². The van der Waals surface area contributed by atoms with E-state index < -0.39 is 26.5 Å². The van der Waals surface area contributed by atoms with Gasteiger partial charge in [-0.1, -0.05) is 6.92 Å². The number of hydrogen-bond donors (Lipinski definition) is 2. The fraction of sp³-hybridized carbons (Fsp3) is 0.455. The van der Waals surface area contributed by atoms with Crippen LogP contribution < -0.4 is 14.8 Å². The van der Waals surface area contributed by atoms with E-state index in [1.54, 1.807) is 6.92 Å². The molecule has 0 fully saturated rings. The van der Waals surface area contributed by atoms with Crippen LogP contribution in [0.25, 0.3) is 0 Å². The molecule has 1 aromatic rings. The Kier molecular flexibility index (Phi) is 5.85. The van der Waals surface area contributed by atoms with Gasteiger partial charge in [-0.3, -0.25) is 10.1 Å². The largest absolute Gasteiger partial charge is 0.490 e. The Balaban J connectivity index is 2.83. The number of nitrogens with one attached hydrogen (secondary N) is 2. The fourth-order valence-electron chi connectivity index (χ4n) is 1.60. The summed E-state index contributed by atoms with van der Waals surface area (Å²) in [5.74, 6) is -1.22. The Morgan fingerprint density at radius 1 is 1.43 bits per heavy atom. The normalized spacial score (nSPS) is 11.2. The summed E-state index contributed by atoms with van der Waals surface area (Å²) in [5, 5.41) is 13.3. The Hall–Kier alpha value is -1.94. The van der Waals surface area contributed by atoms with E-state index in [1.807, 2.05) is 0 Å². The molecule has 0 saturated carbocycles. The highest BCUT2D eigenvalue weighted by Crippen LogP contribution is 2.32. The Labute approximate surface area is 121 Å². The molecule has 0 aliphatic rings. The van der Waals surface area contributed by atoms with Gasteiger partial charge in [0.15, 0.2) is 11.6 Å². The van der Waals surface area contributed by atoms with Crippen LogP contribution in [-0.4, -0.2) is 39.3 Å². The molecule has 0 radical (unpaired) electrons. The summed E-state index contributed by atoms with van der Waals surface area (Å²) in [6.07, 6.45) is 0. The van der Waals surface area contributed by atoms with Crippen molar-refractivity contribution in [3.63, 3.8) is 0 Å². The van der Waals surface area contributed by atoms with Gasteiger partial charge in [0.1, 0.15) is 0 Å². The zero-order valence-electron chi connectivity index (χ0n) is 11.6. The van der Waals surface area contributed by atoms with E-state index in [1.165, 1.54) is 7.11 Å². The van der Waals surface area contributed by atoms with Crippen LogP contribution in [0.3, 0.4) is 0 Å². The molecule has 21 heavy (non-hydrogen) atoms. The lowest BCUT2D eigenvalue weighted by molar-refractivity contribution is -0.385. The molecule has 0 amide bonds. The first kappa shape index (κ1) is 17.1. The number of methoxy groups -OCH3 is 1. The van der Waals surface area contributed by atoms with Gasteiger partial charge in [0, 0.05) is 19.2 Å². The molecule has 1 aromatic carbocycles. The molecule has 8 nitrogen and oxygen atoms in total. The molecule has 0 aromatic heterocycles.